The highest BCUT2D eigenvalue weighted by atomic mass is 19.1. The third-order valence-corrected chi connectivity index (χ3v) is 6.16. The van der Waals surface area contributed by atoms with Gasteiger partial charge in [-0.1, -0.05) is 6.07 Å². The second kappa shape index (κ2) is 7.77. The highest BCUT2D eigenvalue weighted by Gasteiger charge is 2.39. The molecule has 31 heavy (non-hydrogen) atoms. The lowest BCUT2D eigenvalue weighted by atomic mass is 9.84. The molecule has 0 unspecified atom stereocenters. The molecule has 0 bridgehead atoms. The molecule has 0 N–H and O–H groups in total. The molecule has 3 aromatic rings. The van der Waals surface area contributed by atoms with Crippen LogP contribution in [0, 0.1) is 5.82 Å². The van der Waals surface area contributed by atoms with Crippen molar-refractivity contribution in [2.24, 2.45) is 7.05 Å². The van der Waals surface area contributed by atoms with E-state index in [1.54, 1.807) is 14.2 Å². The number of hydrogen-bond donors (Lipinski definition) is 0. The number of halogens is 1. The lowest BCUT2D eigenvalue weighted by Crippen LogP contribution is -2.51. The molecule has 2 atom stereocenters. The second-order valence-corrected chi connectivity index (χ2v) is 7.85. The van der Waals surface area contributed by atoms with Gasteiger partial charge in [-0.25, -0.2) is 9.37 Å². The van der Waals surface area contributed by atoms with Crippen molar-refractivity contribution in [3.8, 4) is 17.0 Å². The number of nitrogens with zero attached hydrogens (tertiary/aromatic N) is 4. The second-order valence-electron chi connectivity index (χ2n) is 7.85. The summed E-state index contributed by atoms with van der Waals surface area (Å²) in [7, 11) is 3.36. The van der Waals surface area contributed by atoms with Crippen LogP contribution in [0.2, 0.25) is 0 Å². The zero-order chi connectivity index (χ0) is 21.5. The number of fused-ring (bicyclic) bond motifs is 3. The Morgan fingerprint density at radius 3 is 2.94 bits per heavy atom. The van der Waals surface area contributed by atoms with Crippen molar-refractivity contribution >= 4 is 5.95 Å². The number of rotatable bonds is 3. The van der Waals surface area contributed by atoms with Crippen LogP contribution in [-0.2, 0) is 18.2 Å². The number of ether oxygens (including phenoxy) is 2. The van der Waals surface area contributed by atoms with Gasteiger partial charge in [0.05, 0.1) is 31.6 Å². The molecular formula is C23H23FN4O3. The van der Waals surface area contributed by atoms with Crippen LogP contribution in [0.15, 0.2) is 47.5 Å². The van der Waals surface area contributed by atoms with Gasteiger partial charge < -0.3 is 14.4 Å². The van der Waals surface area contributed by atoms with E-state index < -0.39 is 5.82 Å². The maximum Gasteiger partial charge on any atom is 0.255 e. The van der Waals surface area contributed by atoms with E-state index >= 15 is 0 Å². The zero-order valence-electron chi connectivity index (χ0n) is 17.4. The van der Waals surface area contributed by atoms with Crippen LogP contribution < -0.4 is 15.2 Å². The summed E-state index contributed by atoms with van der Waals surface area (Å²) in [4.78, 5) is 23.4. The van der Waals surface area contributed by atoms with Crippen molar-refractivity contribution in [3.63, 3.8) is 0 Å². The quantitative estimate of drug-likeness (QED) is 0.647. The number of hydrogen-bond acceptors (Lipinski definition) is 6. The fourth-order valence-corrected chi connectivity index (χ4v) is 4.58. The van der Waals surface area contributed by atoms with E-state index in [4.69, 9.17) is 14.5 Å². The predicted octanol–water partition coefficient (Wildman–Crippen LogP) is 2.88. The fourth-order valence-electron chi connectivity index (χ4n) is 4.58. The number of benzene rings is 1. The topological polar surface area (TPSA) is 69.5 Å². The van der Waals surface area contributed by atoms with E-state index in [0.717, 1.165) is 30.4 Å². The summed E-state index contributed by atoms with van der Waals surface area (Å²) in [5, 5.41) is 0. The van der Waals surface area contributed by atoms with E-state index in [1.807, 2.05) is 6.07 Å². The van der Waals surface area contributed by atoms with E-state index in [-0.39, 0.29) is 23.3 Å². The van der Waals surface area contributed by atoms with Crippen molar-refractivity contribution < 1.29 is 13.9 Å². The van der Waals surface area contributed by atoms with E-state index in [0.29, 0.717) is 24.8 Å². The minimum Gasteiger partial charge on any atom is -0.497 e. The number of aryl methyl sites for hydroxylation is 1. The van der Waals surface area contributed by atoms with E-state index in [1.165, 1.54) is 28.5 Å². The van der Waals surface area contributed by atoms with Gasteiger partial charge in [-0.3, -0.25) is 14.3 Å². The Morgan fingerprint density at radius 2 is 2.13 bits per heavy atom. The minimum atomic E-state index is -0.505. The highest BCUT2D eigenvalue weighted by molar-refractivity contribution is 5.60. The van der Waals surface area contributed by atoms with Gasteiger partial charge in [0.2, 0.25) is 5.95 Å². The third-order valence-electron chi connectivity index (χ3n) is 6.16. The van der Waals surface area contributed by atoms with Crippen LogP contribution in [-0.4, -0.2) is 40.8 Å². The Morgan fingerprint density at radius 1 is 1.26 bits per heavy atom. The third kappa shape index (κ3) is 3.37. The van der Waals surface area contributed by atoms with Crippen LogP contribution >= 0.6 is 0 Å². The SMILES string of the molecule is COc1ccc2c(c1)CC[C@H]1[C@@H]2OCCN1c1nc(-c2ccncc2F)cc(=O)n1C. The van der Waals surface area contributed by atoms with Crippen molar-refractivity contribution in [2.45, 2.75) is 25.0 Å². The minimum absolute atomic E-state index is 0.0327. The summed E-state index contributed by atoms with van der Waals surface area (Å²) >= 11 is 0. The summed E-state index contributed by atoms with van der Waals surface area (Å²) in [6.45, 7) is 1.12. The Labute approximate surface area is 179 Å². The molecule has 7 nitrogen and oxygen atoms in total. The van der Waals surface area contributed by atoms with Crippen LogP contribution in [0.1, 0.15) is 23.7 Å². The van der Waals surface area contributed by atoms with Gasteiger partial charge in [-0.2, -0.15) is 0 Å². The summed E-state index contributed by atoms with van der Waals surface area (Å²) in [5.41, 5.74) is 2.70. The summed E-state index contributed by atoms with van der Waals surface area (Å²) in [6, 6.07) is 9.00. The molecule has 1 aromatic carbocycles. The highest BCUT2D eigenvalue weighted by Crippen LogP contribution is 2.40. The molecule has 1 fully saturated rings. The van der Waals surface area contributed by atoms with Crippen LogP contribution in [0.3, 0.4) is 0 Å². The predicted molar refractivity (Wildman–Crippen MR) is 114 cm³/mol. The van der Waals surface area contributed by atoms with Crippen molar-refractivity contribution in [3.05, 3.63) is 70.0 Å². The van der Waals surface area contributed by atoms with Gasteiger partial charge in [-0.05, 0) is 42.2 Å². The maximum atomic E-state index is 14.3. The number of anilines is 1. The maximum absolute atomic E-state index is 14.3. The molecular weight excluding hydrogens is 399 g/mol. The Hall–Kier alpha value is -3.26. The Kier molecular flexibility index (Phi) is 4.94. The molecule has 160 valence electrons. The van der Waals surface area contributed by atoms with Gasteiger partial charge in [0.25, 0.3) is 5.56 Å². The first kappa shape index (κ1) is 19.7. The molecule has 3 heterocycles. The van der Waals surface area contributed by atoms with Crippen LogP contribution in [0.25, 0.3) is 11.3 Å². The Bertz CT molecular complexity index is 1200. The summed E-state index contributed by atoms with van der Waals surface area (Å²) < 4.78 is 27.4. The van der Waals surface area contributed by atoms with Gasteiger partial charge in [0.15, 0.2) is 5.82 Å². The number of pyridine rings is 1. The molecule has 1 aliphatic heterocycles. The molecule has 1 saturated heterocycles. The fraction of sp³-hybridized carbons (Fsp3) is 0.348. The van der Waals surface area contributed by atoms with Crippen molar-refractivity contribution in [1.82, 2.24) is 14.5 Å². The molecule has 5 rings (SSSR count). The molecule has 0 amide bonds. The van der Waals surface area contributed by atoms with Gasteiger partial charge in [0.1, 0.15) is 11.9 Å². The zero-order valence-corrected chi connectivity index (χ0v) is 17.4. The molecule has 2 aliphatic rings. The van der Waals surface area contributed by atoms with Crippen LogP contribution in [0.5, 0.6) is 5.75 Å². The largest absolute Gasteiger partial charge is 0.497 e. The van der Waals surface area contributed by atoms with E-state index in [9.17, 15) is 9.18 Å². The molecule has 2 aromatic heterocycles. The molecule has 0 saturated carbocycles. The summed E-state index contributed by atoms with van der Waals surface area (Å²) in [5.74, 6) is 0.851. The number of morpholine rings is 1. The van der Waals surface area contributed by atoms with Gasteiger partial charge in [-0.15, -0.1) is 0 Å². The standard InChI is InChI=1S/C23H23FN4O3/c1-27-21(29)12-19(17-7-8-25-13-18(17)24)26-23(27)28-9-10-31-22-16-5-4-15(30-2)11-14(16)3-6-20(22)28/h4-5,7-8,11-13,20,22H,3,6,9-10H2,1-2H3/t20-,22+/m0/s1. The first-order valence-electron chi connectivity index (χ1n) is 10.3. The first-order chi connectivity index (χ1) is 15.1. The lowest BCUT2D eigenvalue weighted by Gasteiger charge is -2.45. The number of aromatic nitrogens is 3. The van der Waals surface area contributed by atoms with E-state index in [2.05, 4.69) is 22.0 Å². The molecule has 1 aliphatic carbocycles. The average molecular weight is 422 g/mol. The molecule has 0 radical (unpaired) electrons. The van der Waals surface area contributed by atoms with Gasteiger partial charge in [0, 0.05) is 31.4 Å². The normalized spacial score (nSPS) is 20.2. The molecule has 8 heteroatoms. The number of methoxy groups -OCH3 is 1. The first-order valence-corrected chi connectivity index (χ1v) is 10.3. The Balaban J connectivity index is 1.56. The van der Waals surface area contributed by atoms with Crippen LogP contribution in [0.4, 0.5) is 10.3 Å². The van der Waals surface area contributed by atoms with Crippen molar-refractivity contribution in [2.75, 3.05) is 25.2 Å². The monoisotopic (exact) mass is 422 g/mol. The van der Waals surface area contributed by atoms with Crippen molar-refractivity contribution in [1.29, 1.82) is 0 Å². The molecule has 0 spiro atoms. The smallest absolute Gasteiger partial charge is 0.255 e. The lowest BCUT2D eigenvalue weighted by molar-refractivity contribution is 0.00172. The average Bonchev–Trinajstić information content (AvgIpc) is 2.80. The van der Waals surface area contributed by atoms with Gasteiger partial charge >= 0.3 is 0 Å². The summed E-state index contributed by atoms with van der Waals surface area (Å²) in [6.07, 6.45) is 4.23.